The minimum atomic E-state index is -0.322. The van der Waals surface area contributed by atoms with Gasteiger partial charge < -0.3 is 9.47 Å². The number of halogens is 1. The maximum atomic E-state index is 5.64. The van der Waals surface area contributed by atoms with Crippen molar-refractivity contribution in [2.75, 3.05) is 7.11 Å². The van der Waals surface area contributed by atoms with Crippen LogP contribution >= 0.6 is 11.6 Å². The van der Waals surface area contributed by atoms with Crippen LogP contribution in [0.4, 0.5) is 0 Å². The van der Waals surface area contributed by atoms with Crippen molar-refractivity contribution in [3.63, 3.8) is 0 Å². The smallest absolute Gasteiger partial charge is 0.169 e. The summed E-state index contributed by atoms with van der Waals surface area (Å²) in [5.74, 6) is 1.49. The van der Waals surface area contributed by atoms with Crippen LogP contribution in [0.2, 0.25) is 0 Å². The van der Waals surface area contributed by atoms with Crippen LogP contribution in [-0.4, -0.2) is 12.7 Å². The number of alkyl halides is 1. The van der Waals surface area contributed by atoms with Crippen LogP contribution in [0.5, 0.6) is 11.5 Å². The van der Waals surface area contributed by atoms with Gasteiger partial charge >= 0.3 is 0 Å². The normalized spacial score (nSPS) is 12.2. The summed E-state index contributed by atoms with van der Waals surface area (Å²) >= 11 is 5.64. The van der Waals surface area contributed by atoms with Gasteiger partial charge in [0.15, 0.2) is 5.56 Å². The molecule has 1 rings (SSSR count). The highest BCUT2D eigenvalue weighted by atomic mass is 35.5. The molecule has 12 heavy (non-hydrogen) atoms. The van der Waals surface area contributed by atoms with Gasteiger partial charge in [-0.15, -0.1) is 0 Å². The molecule has 0 radical (unpaired) electrons. The van der Waals surface area contributed by atoms with Crippen LogP contribution < -0.4 is 9.47 Å². The number of methoxy groups -OCH3 is 1. The molecule has 3 heteroatoms. The van der Waals surface area contributed by atoms with Gasteiger partial charge in [-0.25, -0.2) is 0 Å². The van der Waals surface area contributed by atoms with Crippen molar-refractivity contribution in [1.29, 1.82) is 0 Å². The predicted molar refractivity (Wildman–Crippen MR) is 48.9 cm³/mol. The van der Waals surface area contributed by atoms with E-state index in [9.17, 15) is 0 Å². The first-order valence-electron chi connectivity index (χ1n) is 3.67. The summed E-state index contributed by atoms with van der Waals surface area (Å²) in [6.07, 6.45) is 0. The van der Waals surface area contributed by atoms with E-state index >= 15 is 0 Å². The monoisotopic (exact) mass is 186 g/mol. The second kappa shape index (κ2) is 4.21. The van der Waals surface area contributed by atoms with E-state index in [-0.39, 0.29) is 5.56 Å². The maximum absolute atomic E-state index is 5.64. The molecule has 0 bridgehead atoms. The first-order valence-corrected chi connectivity index (χ1v) is 4.11. The summed E-state index contributed by atoms with van der Waals surface area (Å²) < 4.78 is 10.3. The molecule has 0 N–H and O–H groups in total. The average molecular weight is 187 g/mol. The predicted octanol–water partition coefficient (Wildman–Crippen LogP) is 2.66. The third-order valence-corrected chi connectivity index (χ3v) is 1.43. The van der Waals surface area contributed by atoms with Gasteiger partial charge in [0.25, 0.3) is 0 Å². The average Bonchev–Trinajstić information content (AvgIpc) is 2.03. The largest absolute Gasteiger partial charge is 0.497 e. The Hall–Kier alpha value is -0.890. The van der Waals surface area contributed by atoms with E-state index in [4.69, 9.17) is 21.1 Å². The van der Waals surface area contributed by atoms with Crippen LogP contribution in [-0.2, 0) is 0 Å². The molecule has 0 heterocycles. The minimum absolute atomic E-state index is 0.322. The lowest BCUT2D eigenvalue weighted by atomic mass is 10.3. The number of benzene rings is 1. The van der Waals surface area contributed by atoms with Crippen LogP contribution in [0.1, 0.15) is 6.92 Å². The Morgan fingerprint density at radius 2 is 2.00 bits per heavy atom. The Balaban J connectivity index is 2.72. The van der Waals surface area contributed by atoms with Gasteiger partial charge in [-0.2, -0.15) is 0 Å². The molecule has 0 aliphatic rings. The van der Waals surface area contributed by atoms with Gasteiger partial charge in [-0.05, 0) is 19.1 Å². The SMILES string of the molecule is COc1cccc(OC(C)Cl)c1. The second-order valence-corrected chi connectivity index (χ2v) is 2.95. The standard InChI is InChI=1S/C9H11ClO2/c1-7(10)12-9-5-3-4-8(6-9)11-2/h3-7H,1-2H3. The van der Waals surface area contributed by atoms with E-state index in [2.05, 4.69) is 0 Å². The van der Waals surface area contributed by atoms with Crippen LogP contribution in [0.15, 0.2) is 24.3 Å². The van der Waals surface area contributed by atoms with Crippen molar-refractivity contribution in [2.45, 2.75) is 12.5 Å². The van der Waals surface area contributed by atoms with Crippen molar-refractivity contribution in [3.8, 4) is 11.5 Å². The molecule has 0 saturated carbocycles. The Morgan fingerprint density at radius 3 is 2.58 bits per heavy atom. The molecule has 0 aromatic heterocycles. The highest BCUT2D eigenvalue weighted by molar-refractivity contribution is 6.19. The van der Waals surface area contributed by atoms with Gasteiger partial charge in [-0.1, -0.05) is 17.7 Å². The van der Waals surface area contributed by atoms with Crippen LogP contribution in [0.3, 0.4) is 0 Å². The van der Waals surface area contributed by atoms with Crippen LogP contribution in [0.25, 0.3) is 0 Å². The molecular formula is C9H11ClO2. The van der Waals surface area contributed by atoms with Gasteiger partial charge in [0, 0.05) is 6.07 Å². The summed E-state index contributed by atoms with van der Waals surface area (Å²) in [5, 5.41) is 0. The molecule has 1 aromatic rings. The Kier molecular flexibility index (Phi) is 3.23. The number of hydrogen-bond acceptors (Lipinski definition) is 2. The Bertz CT molecular complexity index is 248. The maximum Gasteiger partial charge on any atom is 0.169 e. The highest BCUT2D eigenvalue weighted by Crippen LogP contribution is 2.20. The van der Waals surface area contributed by atoms with Crippen molar-refractivity contribution in [3.05, 3.63) is 24.3 Å². The molecule has 0 aliphatic carbocycles. The zero-order valence-electron chi connectivity index (χ0n) is 7.08. The zero-order chi connectivity index (χ0) is 8.97. The Labute approximate surface area is 77.1 Å². The summed E-state index contributed by atoms with van der Waals surface area (Å²) in [4.78, 5) is 0. The summed E-state index contributed by atoms with van der Waals surface area (Å²) in [6.45, 7) is 1.76. The van der Waals surface area contributed by atoms with E-state index in [1.807, 2.05) is 18.2 Å². The van der Waals surface area contributed by atoms with Gasteiger partial charge in [0.2, 0.25) is 0 Å². The molecule has 0 amide bonds. The van der Waals surface area contributed by atoms with E-state index in [0.717, 1.165) is 11.5 Å². The lowest BCUT2D eigenvalue weighted by molar-refractivity contribution is 0.299. The minimum Gasteiger partial charge on any atom is -0.497 e. The quantitative estimate of drug-likeness (QED) is 0.676. The summed E-state index contributed by atoms with van der Waals surface area (Å²) in [5.41, 5.74) is -0.322. The lowest BCUT2D eigenvalue weighted by Crippen LogP contribution is -2.01. The first kappa shape index (κ1) is 9.20. The second-order valence-electron chi connectivity index (χ2n) is 2.34. The molecular weight excluding hydrogens is 176 g/mol. The molecule has 2 nitrogen and oxygen atoms in total. The molecule has 0 spiro atoms. The summed E-state index contributed by atoms with van der Waals surface area (Å²) in [6, 6.07) is 7.33. The molecule has 1 aromatic carbocycles. The first-order chi connectivity index (χ1) is 5.72. The number of hydrogen-bond donors (Lipinski definition) is 0. The van der Waals surface area contributed by atoms with Crippen molar-refractivity contribution in [2.24, 2.45) is 0 Å². The molecule has 0 fully saturated rings. The van der Waals surface area contributed by atoms with Gasteiger partial charge in [0.05, 0.1) is 7.11 Å². The number of ether oxygens (including phenoxy) is 2. The molecule has 66 valence electrons. The lowest BCUT2D eigenvalue weighted by Gasteiger charge is -2.08. The molecule has 0 aliphatic heterocycles. The molecule has 1 atom stereocenters. The summed E-state index contributed by atoms with van der Waals surface area (Å²) in [7, 11) is 1.61. The van der Waals surface area contributed by atoms with E-state index < -0.39 is 0 Å². The fourth-order valence-electron chi connectivity index (χ4n) is 0.862. The van der Waals surface area contributed by atoms with Gasteiger partial charge in [0.1, 0.15) is 11.5 Å². The molecule has 1 unspecified atom stereocenters. The van der Waals surface area contributed by atoms with Crippen LogP contribution in [0, 0.1) is 0 Å². The van der Waals surface area contributed by atoms with E-state index in [0.29, 0.717) is 0 Å². The number of rotatable bonds is 3. The zero-order valence-corrected chi connectivity index (χ0v) is 7.84. The fraction of sp³-hybridized carbons (Fsp3) is 0.333. The third-order valence-electron chi connectivity index (χ3n) is 1.34. The van der Waals surface area contributed by atoms with Crippen molar-refractivity contribution >= 4 is 11.6 Å². The third kappa shape index (κ3) is 2.62. The molecule has 0 saturated heterocycles. The van der Waals surface area contributed by atoms with Crippen molar-refractivity contribution < 1.29 is 9.47 Å². The Morgan fingerprint density at radius 1 is 1.33 bits per heavy atom. The van der Waals surface area contributed by atoms with Crippen molar-refractivity contribution in [1.82, 2.24) is 0 Å². The van der Waals surface area contributed by atoms with Gasteiger partial charge in [-0.3, -0.25) is 0 Å². The van der Waals surface area contributed by atoms with E-state index in [1.165, 1.54) is 0 Å². The van der Waals surface area contributed by atoms with E-state index in [1.54, 1.807) is 20.1 Å². The highest BCUT2D eigenvalue weighted by Gasteiger charge is 1.99. The fourth-order valence-corrected chi connectivity index (χ4v) is 0.965. The topological polar surface area (TPSA) is 18.5 Å².